The van der Waals surface area contributed by atoms with Crippen molar-refractivity contribution in [3.8, 4) is 28.8 Å². The van der Waals surface area contributed by atoms with Crippen LogP contribution in [0.5, 0.6) is 5.75 Å². The second kappa shape index (κ2) is 11.1. The molecule has 0 bridgehead atoms. The molecule has 1 aromatic heterocycles. The van der Waals surface area contributed by atoms with E-state index < -0.39 is 16.7 Å². The molecule has 3 aromatic carbocycles. The normalized spacial score (nSPS) is 14.4. The largest absolute Gasteiger partial charge is 0.497 e. The topological polar surface area (TPSA) is 131 Å². The highest BCUT2D eigenvalue weighted by molar-refractivity contribution is 6.19. The number of non-ortho nitro benzene ring substituents is 1. The summed E-state index contributed by atoms with van der Waals surface area (Å²) in [6.45, 7) is 1.54. The van der Waals surface area contributed by atoms with Gasteiger partial charge in [0.2, 0.25) is 0 Å². The lowest BCUT2D eigenvalue weighted by atomic mass is 9.93. The Morgan fingerprint density at radius 2 is 1.68 bits per heavy atom. The minimum absolute atomic E-state index is 0.0318. The molecule has 0 atom stereocenters. The van der Waals surface area contributed by atoms with Crippen molar-refractivity contribution in [3.63, 3.8) is 0 Å². The highest BCUT2D eigenvalue weighted by Crippen LogP contribution is 2.32. The van der Waals surface area contributed by atoms with Crippen molar-refractivity contribution >= 4 is 23.6 Å². The minimum atomic E-state index is -0.668. The molecule has 4 aromatic rings. The van der Waals surface area contributed by atoms with E-state index in [0.29, 0.717) is 28.1 Å². The number of hydrogen-bond acceptors (Lipinski definition) is 7. The Balaban J connectivity index is 1.62. The maximum absolute atomic E-state index is 13.8. The summed E-state index contributed by atoms with van der Waals surface area (Å²) >= 11 is 0. The van der Waals surface area contributed by atoms with Crippen molar-refractivity contribution in [1.82, 2.24) is 14.7 Å². The van der Waals surface area contributed by atoms with Gasteiger partial charge in [0.15, 0.2) is 0 Å². The summed E-state index contributed by atoms with van der Waals surface area (Å²) in [7, 11) is 1.54. The first-order chi connectivity index (χ1) is 19.8. The summed E-state index contributed by atoms with van der Waals surface area (Å²) < 4.78 is 6.82. The van der Waals surface area contributed by atoms with Gasteiger partial charge < -0.3 is 4.74 Å². The first-order valence-electron chi connectivity index (χ1n) is 12.5. The van der Waals surface area contributed by atoms with Crippen molar-refractivity contribution in [2.75, 3.05) is 7.11 Å². The molecule has 202 valence electrons. The summed E-state index contributed by atoms with van der Waals surface area (Å²) in [6.07, 6.45) is 3.33. The number of nitrogens with zero attached hydrogens (tertiary/aromatic N) is 5. The SMILES string of the molecule is COc1ccc(CN2C(=O)C(C#N)=C(C)/C(=C\c3cn(-c4ccccc4)nc3-c3ccc([N+](=O)[O-])cc3)C2=O)cc1. The predicted octanol–water partition coefficient (Wildman–Crippen LogP) is 5.25. The van der Waals surface area contributed by atoms with Gasteiger partial charge in [-0.05, 0) is 60.5 Å². The van der Waals surface area contributed by atoms with Crippen molar-refractivity contribution in [3.05, 3.63) is 123 Å². The van der Waals surface area contributed by atoms with Gasteiger partial charge in [-0.1, -0.05) is 30.3 Å². The Kier molecular flexibility index (Phi) is 7.26. The summed E-state index contributed by atoms with van der Waals surface area (Å²) in [5.74, 6) is -0.587. The van der Waals surface area contributed by atoms with E-state index in [-0.39, 0.29) is 29.0 Å². The summed E-state index contributed by atoms with van der Waals surface area (Å²) in [5.41, 5.74) is 3.27. The van der Waals surface area contributed by atoms with E-state index in [1.54, 1.807) is 67.4 Å². The molecule has 0 radical (unpaired) electrons. The molecule has 5 rings (SSSR count). The van der Waals surface area contributed by atoms with Gasteiger partial charge in [-0.3, -0.25) is 24.6 Å². The third-order valence-corrected chi connectivity index (χ3v) is 6.74. The molecule has 1 aliphatic heterocycles. The van der Waals surface area contributed by atoms with Gasteiger partial charge in [-0.15, -0.1) is 0 Å². The maximum Gasteiger partial charge on any atom is 0.271 e. The molecule has 2 heterocycles. The molecular formula is C31H23N5O5. The average Bonchev–Trinajstić information content (AvgIpc) is 3.42. The average molecular weight is 546 g/mol. The lowest BCUT2D eigenvalue weighted by molar-refractivity contribution is -0.384. The van der Waals surface area contributed by atoms with Crippen LogP contribution in [0.4, 0.5) is 5.69 Å². The molecule has 0 fully saturated rings. The number of carbonyl (C=O) groups is 2. The monoisotopic (exact) mass is 545 g/mol. The first-order valence-corrected chi connectivity index (χ1v) is 12.5. The molecule has 41 heavy (non-hydrogen) atoms. The van der Waals surface area contributed by atoms with Crippen LogP contribution in [0.25, 0.3) is 23.0 Å². The number of imide groups is 1. The number of nitro groups is 1. The molecule has 0 saturated carbocycles. The standard InChI is InChI=1S/C31H23N5O5/c1-20-27(30(37)34(31(38)28(20)17-32)18-21-8-14-26(41-2)15-9-21)16-23-19-35(24-6-4-3-5-7-24)33-29(23)22-10-12-25(13-11-22)36(39)40/h3-16,19H,18H2,1-2H3/b27-16+. The zero-order chi connectivity index (χ0) is 29.1. The predicted molar refractivity (Wildman–Crippen MR) is 150 cm³/mol. The van der Waals surface area contributed by atoms with Crippen LogP contribution in [0.15, 0.2) is 102 Å². The van der Waals surface area contributed by atoms with Gasteiger partial charge >= 0.3 is 0 Å². The van der Waals surface area contributed by atoms with Crippen LogP contribution < -0.4 is 4.74 Å². The highest BCUT2D eigenvalue weighted by Gasteiger charge is 2.35. The van der Waals surface area contributed by atoms with E-state index >= 15 is 0 Å². The molecule has 1 aliphatic rings. The van der Waals surface area contributed by atoms with E-state index in [4.69, 9.17) is 9.84 Å². The molecule has 0 unspecified atom stereocenters. The fourth-order valence-electron chi connectivity index (χ4n) is 4.51. The van der Waals surface area contributed by atoms with Crippen molar-refractivity contribution < 1.29 is 19.2 Å². The number of carbonyl (C=O) groups excluding carboxylic acids is 2. The second-order valence-corrected chi connectivity index (χ2v) is 9.23. The van der Waals surface area contributed by atoms with Crippen LogP contribution in [-0.2, 0) is 16.1 Å². The summed E-state index contributed by atoms with van der Waals surface area (Å²) in [4.78, 5) is 38.7. The number of hydrogen-bond donors (Lipinski definition) is 0. The zero-order valence-electron chi connectivity index (χ0n) is 22.1. The van der Waals surface area contributed by atoms with Crippen LogP contribution in [-0.4, -0.2) is 38.5 Å². The van der Waals surface area contributed by atoms with E-state index in [1.807, 2.05) is 36.4 Å². The lowest BCUT2D eigenvalue weighted by Gasteiger charge is -2.27. The van der Waals surface area contributed by atoms with Crippen LogP contribution in [0, 0.1) is 21.4 Å². The number of nitriles is 1. The Labute approximate surface area is 235 Å². The van der Waals surface area contributed by atoms with Gasteiger partial charge in [0, 0.05) is 35.0 Å². The van der Waals surface area contributed by atoms with E-state index in [9.17, 15) is 25.0 Å². The molecule has 10 nitrogen and oxygen atoms in total. The lowest BCUT2D eigenvalue weighted by Crippen LogP contribution is -2.42. The van der Waals surface area contributed by atoms with Gasteiger partial charge in [0.25, 0.3) is 17.5 Å². The third-order valence-electron chi connectivity index (χ3n) is 6.74. The van der Waals surface area contributed by atoms with Gasteiger partial charge in [0.05, 0.1) is 30.0 Å². The van der Waals surface area contributed by atoms with E-state index in [2.05, 4.69) is 0 Å². The zero-order valence-corrected chi connectivity index (χ0v) is 22.1. The Morgan fingerprint density at radius 1 is 1.00 bits per heavy atom. The summed E-state index contributed by atoms with van der Waals surface area (Å²) in [5, 5.41) is 25.7. The molecule has 0 saturated heterocycles. The van der Waals surface area contributed by atoms with Gasteiger partial charge in [-0.25, -0.2) is 4.68 Å². The fraction of sp³-hybridized carbons (Fsp3) is 0.0968. The first kappa shape index (κ1) is 26.8. The van der Waals surface area contributed by atoms with Crippen LogP contribution in [0.3, 0.4) is 0 Å². The number of nitro benzene ring substituents is 1. The molecule has 0 spiro atoms. The Bertz CT molecular complexity index is 1760. The number of amides is 2. The maximum atomic E-state index is 13.8. The quantitative estimate of drug-likeness (QED) is 0.134. The van der Waals surface area contributed by atoms with Crippen molar-refractivity contribution in [1.29, 1.82) is 5.26 Å². The number of benzene rings is 3. The Hall–Kier alpha value is -5.82. The van der Waals surface area contributed by atoms with Crippen molar-refractivity contribution in [2.45, 2.75) is 13.5 Å². The van der Waals surface area contributed by atoms with Gasteiger partial charge in [-0.2, -0.15) is 10.4 Å². The smallest absolute Gasteiger partial charge is 0.271 e. The Morgan fingerprint density at radius 3 is 2.29 bits per heavy atom. The van der Waals surface area contributed by atoms with Crippen LogP contribution in [0.1, 0.15) is 18.1 Å². The third kappa shape index (κ3) is 5.24. The van der Waals surface area contributed by atoms with Gasteiger partial charge in [0.1, 0.15) is 17.4 Å². The van der Waals surface area contributed by atoms with Crippen molar-refractivity contribution in [2.24, 2.45) is 0 Å². The summed E-state index contributed by atoms with van der Waals surface area (Å²) in [6, 6.07) is 24.2. The van der Waals surface area contributed by atoms with E-state index in [0.717, 1.165) is 10.6 Å². The number of ether oxygens (including phenoxy) is 1. The number of aromatic nitrogens is 2. The van der Waals surface area contributed by atoms with E-state index in [1.165, 1.54) is 12.1 Å². The second-order valence-electron chi connectivity index (χ2n) is 9.23. The van der Waals surface area contributed by atoms with Crippen LogP contribution in [0.2, 0.25) is 0 Å². The molecule has 0 aliphatic carbocycles. The molecule has 2 amide bonds. The van der Waals surface area contributed by atoms with Crippen LogP contribution >= 0.6 is 0 Å². The molecule has 0 N–H and O–H groups in total. The number of para-hydroxylation sites is 1. The molecular weight excluding hydrogens is 522 g/mol. The fourth-order valence-corrected chi connectivity index (χ4v) is 4.51. The number of rotatable bonds is 7. The molecule has 10 heteroatoms. The highest BCUT2D eigenvalue weighted by atomic mass is 16.6. The number of methoxy groups -OCH3 is 1. The minimum Gasteiger partial charge on any atom is -0.497 e.